The average Bonchev–Trinajstić information content (AvgIpc) is 3.27. The van der Waals surface area contributed by atoms with Gasteiger partial charge in [-0.2, -0.15) is 0 Å². The summed E-state index contributed by atoms with van der Waals surface area (Å²) in [6, 6.07) is 15.5. The van der Waals surface area contributed by atoms with Crippen LogP contribution in [0.5, 0.6) is 0 Å². The van der Waals surface area contributed by atoms with Gasteiger partial charge in [-0.3, -0.25) is 0 Å². The summed E-state index contributed by atoms with van der Waals surface area (Å²) < 4.78 is 0. The molecule has 2 aromatic carbocycles. The molecule has 0 heterocycles. The SMILES string of the molecule is C/C=C(/CC)c1cccc2c1CCC2C.CC.CCCC.CCCCCCc1ccccc1C. The van der Waals surface area contributed by atoms with Crippen molar-refractivity contribution < 1.29 is 0 Å². The molecule has 0 fully saturated rings. The average molecular weight is 465 g/mol. The van der Waals surface area contributed by atoms with Gasteiger partial charge in [0, 0.05) is 0 Å². The Labute approximate surface area is 214 Å². The van der Waals surface area contributed by atoms with Crippen LogP contribution in [0.25, 0.3) is 5.57 Å². The van der Waals surface area contributed by atoms with Crippen molar-refractivity contribution in [2.45, 2.75) is 132 Å². The molecular formula is C34H56. The van der Waals surface area contributed by atoms with Crippen molar-refractivity contribution >= 4 is 5.57 Å². The zero-order valence-electron chi connectivity index (χ0n) is 24.3. The first-order valence-corrected chi connectivity index (χ1v) is 14.4. The molecule has 0 heteroatoms. The van der Waals surface area contributed by atoms with Gasteiger partial charge >= 0.3 is 0 Å². The van der Waals surface area contributed by atoms with Crippen LogP contribution >= 0.6 is 0 Å². The van der Waals surface area contributed by atoms with Gasteiger partial charge in [0.2, 0.25) is 0 Å². The van der Waals surface area contributed by atoms with Crippen molar-refractivity contribution in [3.63, 3.8) is 0 Å². The van der Waals surface area contributed by atoms with Crippen LogP contribution in [0.15, 0.2) is 48.5 Å². The number of hydrogen-bond donors (Lipinski definition) is 0. The van der Waals surface area contributed by atoms with E-state index in [0.717, 1.165) is 12.3 Å². The van der Waals surface area contributed by atoms with Gasteiger partial charge in [-0.15, -0.1) is 0 Å². The Bertz CT molecular complexity index is 778. The quantitative estimate of drug-likeness (QED) is 0.341. The van der Waals surface area contributed by atoms with Gasteiger partial charge in [-0.1, -0.05) is 129 Å². The molecule has 1 aliphatic rings. The Morgan fingerprint density at radius 3 is 2.09 bits per heavy atom. The summed E-state index contributed by atoms with van der Waals surface area (Å²) in [5.74, 6) is 0.759. The molecule has 0 radical (unpaired) electrons. The van der Waals surface area contributed by atoms with Crippen LogP contribution in [0.3, 0.4) is 0 Å². The Hall–Kier alpha value is -1.82. The number of rotatable bonds is 8. The van der Waals surface area contributed by atoms with Gasteiger partial charge in [-0.05, 0) is 85.3 Å². The minimum absolute atomic E-state index is 0.759. The van der Waals surface area contributed by atoms with Crippen molar-refractivity contribution in [3.8, 4) is 0 Å². The van der Waals surface area contributed by atoms with Crippen LogP contribution in [0, 0.1) is 6.92 Å². The third-order valence-electron chi connectivity index (χ3n) is 6.71. The molecule has 3 rings (SSSR count). The van der Waals surface area contributed by atoms with Gasteiger partial charge in [0.05, 0.1) is 0 Å². The molecule has 0 aliphatic heterocycles. The number of benzene rings is 2. The second kappa shape index (κ2) is 20.5. The van der Waals surface area contributed by atoms with Gasteiger partial charge in [0.25, 0.3) is 0 Å². The summed E-state index contributed by atoms with van der Waals surface area (Å²) in [7, 11) is 0. The maximum Gasteiger partial charge on any atom is -0.0184 e. The zero-order valence-corrected chi connectivity index (χ0v) is 24.3. The topological polar surface area (TPSA) is 0 Å². The fraction of sp³-hybridized carbons (Fsp3) is 0.588. The smallest absolute Gasteiger partial charge is 0.0184 e. The van der Waals surface area contributed by atoms with E-state index in [4.69, 9.17) is 0 Å². The Balaban J connectivity index is 0.000000525. The Morgan fingerprint density at radius 2 is 1.53 bits per heavy atom. The van der Waals surface area contributed by atoms with Crippen LogP contribution in [-0.2, 0) is 12.8 Å². The van der Waals surface area contributed by atoms with Crippen LogP contribution in [0.2, 0.25) is 0 Å². The van der Waals surface area contributed by atoms with Crippen molar-refractivity contribution in [3.05, 3.63) is 76.4 Å². The number of unbranched alkanes of at least 4 members (excludes halogenated alkanes) is 4. The van der Waals surface area contributed by atoms with E-state index in [1.54, 1.807) is 11.1 Å². The molecule has 192 valence electrons. The normalized spacial score (nSPS) is 14.0. The molecule has 0 saturated heterocycles. The monoisotopic (exact) mass is 464 g/mol. The van der Waals surface area contributed by atoms with E-state index in [0.29, 0.717) is 0 Å². The summed E-state index contributed by atoms with van der Waals surface area (Å²) in [5, 5.41) is 0. The van der Waals surface area contributed by atoms with E-state index < -0.39 is 0 Å². The molecule has 0 bridgehead atoms. The molecule has 0 aromatic heterocycles. The zero-order chi connectivity index (χ0) is 25.8. The number of fused-ring (bicyclic) bond motifs is 1. The van der Waals surface area contributed by atoms with Crippen molar-refractivity contribution in [1.82, 2.24) is 0 Å². The fourth-order valence-electron chi connectivity index (χ4n) is 4.35. The van der Waals surface area contributed by atoms with E-state index in [-0.39, 0.29) is 0 Å². The summed E-state index contributed by atoms with van der Waals surface area (Å²) in [6.07, 6.45) is 15.3. The molecule has 0 nitrogen and oxygen atoms in total. The molecular weight excluding hydrogens is 408 g/mol. The van der Waals surface area contributed by atoms with Crippen molar-refractivity contribution in [2.24, 2.45) is 0 Å². The summed E-state index contributed by atoms with van der Waals surface area (Å²) in [5.41, 5.74) is 9.17. The van der Waals surface area contributed by atoms with Crippen LogP contribution in [-0.4, -0.2) is 0 Å². The summed E-state index contributed by atoms with van der Waals surface area (Å²) in [6.45, 7) is 19.6. The predicted molar refractivity (Wildman–Crippen MR) is 158 cm³/mol. The first-order chi connectivity index (χ1) is 16.5. The van der Waals surface area contributed by atoms with E-state index in [9.17, 15) is 0 Å². The molecule has 2 aromatic rings. The number of hydrogen-bond acceptors (Lipinski definition) is 0. The molecule has 0 spiro atoms. The molecule has 0 N–H and O–H groups in total. The summed E-state index contributed by atoms with van der Waals surface area (Å²) in [4.78, 5) is 0. The lowest BCUT2D eigenvalue weighted by Gasteiger charge is -2.11. The van der Waals surface area contributed by atoms with Crippen LogP contribution < -0.4 is 0 Å². The highest BCUT2D eigenvalue weighted by atomic mass is 14.3. The van der Waals surface area contributed by atoms with E-state index in [2.05, 4.69) is 97.0 Å². The van der Waals surface area contributed by atoms with Crippen LogP contribution in [0.4, 0.5) is 0 Å². The Morgan fingerprint density at radius 1 is 0.853 bits per heavy atom. The van der Waals surface area contributed by atoms with E-state index >= 15 is 0 Å². The minimum Gasteiger partial charge on any atom is -0.0838 e. The third-order valence-corrected chi connectivity index (χ3v) is 6.71. The highest BCUT2D eigenvalue weighted by molar-refractivity contribution is 5.69. The second-order valence-electron chi connectivity index (χ2n) is 9.22. The minimum atomic E-state index is 0.759. The van der Waals surface area contributed by atoms with Gasteiger partial charge in [0.1, 0.15) is 0 Å². The van der Waals surface area contributed by atoms with Crippen LogP contribution in [0.1, 0.15) is 140 Å². The first kappa shape index (κ1) is 32.2. The Kier molecular flexibility index (Phi) is 19.4. The maximum absolute atomic E-state index is 2.34. The molecule has 0 saturated carbocycles. The van der Waals surface area contributed by atoms with E-state index in [1.807, 2.05) is 13.8 Å². The molecule has 1 atom stereocenters. The lowest BCUT2D eigenvalue weighted by atomic mass is 9.94. The number of allylic oxidation sites excluding steroid dienone is 2. The highest BCUT2D eigenvalue weighted by Gasteiger charge is 2.21. The van der Waals surface area contributed by atoms with Gasteiger partial charge < -0.3 is 0 Å². The highest BCUT2D eigenvalue weighted by Crippen LogP contribution is 2.37. The maximum atomic E-state index is 2.34. The van der Waals surface area contributed by atoms with E-state index in [1.165, 1.54) is 80.1 Å². The van der Waals surface area contributed by atoms with Gasteiger partial charge in [-0.25, -0.2) is 0 Å². The standard InChI is InChI=1S/C15H20.C13H20.C4H10.C2H6/c1-4-12(5-2)14-8-6-7-13-11(3)9-10-15(13)14;1-3-4-5-6-10-13-11-8-7-9-12(13)2;1-3-4-2;1-2/h4,6-8,11H,5,9-10H2,1-3H3;7-9,11H,3-6,10H2,1-2H3;3-4H2,1-2H3;1-2H3/b12-4-;;;. The second-order valence-corrected chi connectivity index (χ2v) is 9.22. The van der Waals surface area contributed by atoms with Crippen molar-refractivity contribution in [1.29, 1.82) is 0 Å². The molecule has 1 unspecified atom stereocenters. The van der Waals surface area contributed by atoms with Crippen molar-refractivity contribution in [2.75, 3.05) is 0 Å². The number of aryl methyl sites for hydroxylation is 2. The predicted octanol–water partition coefficient (Wildman–Crippen LogP) is 11.5. The fourth-order valence-corrected chi connectivity index (χ4v) is 4.35. The lowest BCUT2D eigenvalue weighted by Crippen LogP contribution is -1.92. The largest absolute Gasteiger partial charge is 0.0838 e. The van der Waals surface area contributed by atoms with Gasteiger partial charge in [0.15, 0.2) is 0 Å². The first-order valence-electron chi connectivity index (χ1n) is 14.4. The third kappa shape index (κ3) is 11.5. The summed E-state index contributed by atoms with van der Waals surface area (Å²) >= 11 is 0. The molecule has 0 amide bonds. The lowest BCUT2D eigenvalue weighted by molar-refractivity contribution is 0.665. The molecule has 34 heavy (non-hydrogen) atoms. The molecule has 1 aliphatic carbocycles.